The first-order valence-electron chi connectivity index (χ1n) is 10.7. The van der Waals surface area contributed by atoms with Gasteiger partial charge in [-0.1, -0.05) is 91.0 Å². The zero-order chi connectivity index (χ0) is 21.5. The summed E-state index contributed by atoms with van der Waals surface area (Å²) in [7, 11) is -1.64. The van der Waals surface area contributed by atoms with Gasteiger partial charge in [0.05, 0.1) is 0 Å². The van der Waals surface area contributed by atoms with E-state index < -0.39 is 8.46 Å². The average Bonchev–Trinajstić information content (AvgIpc) is 2.87. The molecule has 0 aliphatic heterocycles. The molecule has 0 aliphatic rings. The van der Waals surface area contributed by atoms with Crippen LogP contribution in [0.4, 0.5) is 0 Å². The molecule has 0 amide bonds. The molecule has 2 heteroatoms. The van der Waals surface area contributed by atoms with Gasteiger partial charge in [0.1, 0.15) is 0 Å². The Morgan fingerprint density at radius 2 is 0.625 bits per heavy atom. The van der Waals surface area contributed by atoms with Crippen LogP contribution < -0.4 is 0 Å². The molecule has 0 saturated heterocycles. The second-order valence-electron chi connectivity index (χ2n) is 8.06. The Morgan fingerprint density at radius 1 is 0.344 bits per heavy atom. The van der Waals surface area contributed by atoms with E-state index in [0.29, 0.717) is 0 Å². The lowest BCUT2D eigenvalue weighted by Crippen LogP contribution is -1.97. The fourth-order valence-corrected chi connectivity index (χ4v) is 8.70. The van der Waals surface area contributed by atoms with Crippen molar-refractivity contribution in [2.75, 3.05) is 0 Å². The minimum atomic E-state index is -1.64. The van der Waals surface area contributed by atoms with Crippen molar-refractivity contribution in [3.05, 3.63) is 127 Å². The average molecular weight is 493 g/mol. The normalized spacial score (nSPS) is 12.4. The number of rotatable bonds is 3. The molecule has 0 aliphatic carbocycles. The lowest BCUT2D eigenvalue weighted by molar-refractivity contribution is 1.35. The Bertz CT molecular complexity index is 1410. The maximum absolute atomic E-state index is 4.35. The molecule has 154 valence electrons. The first-order valence-corrected chi connectivity index (χ1v) is 14.2. The second-order valence-corrected chi connectivity index (χ2v) is 13.5. The highest BCUT2D eigenvalue weighted by Crippen LogP contribution is 2.74. The Hall–Kier alpha value is -3.07. The van der Waals surface area contributed by atoms with Gasteiger partial charge in [0.25, 0.3) is 0 Å². The van der Waals surface area contributed by atoms with E-state index in [-0.39, 0.29) is 0 Å². The van der Waals surface area contributed by atoms with E-state index in [9.17, 15) is 0 Å². The van der Waals surface area contributed by atoms with Crippen LogP contribution in [0.25, 0.3) is 32.3 Å². The van der Waals surface area contributed by atoms with Gasteiger partial charge in [-0.3, -0.25) is 0 Å². The topological polar surface area (TPSA) is 0 Å². The lowest BCUT2D eigenvalue weighted by atomic mass is 10.1. The number of hydrogen-bond donors (Lipinski definition) is 0. The number of hydrogen-bond acceptors (Lipinski definition) is 0. The van der Waals surface area contributed by atoms with Gasteiger partial charge in [-0.25, -0.2) is 0 Å². The van der Waals surface area contributed by atoms with Crippen LogP contribution in [0.2, 0.25) is 0 Å². The predicted octanol–water partition coefficient (Wildman–Crippen LogP) is 9.74. The van der Waals surface area contributed by atoms with Gasteiger partial charge >= 0.3 is 0 Å². The van der Waals surface area contributed by atoms with Crippen molar-refractivity contribution in [2.45, 2.75) is 14.7 Å². The molecule has 0 nitrogen and oxygen atoms in total. The van der Waals surface area contributed by atoms with Gasteiger partial charge in [0, 0.05) is 14.7 Å². The molecule has 6 aromatic carbocycles. The third kappa shape index (κ3) is 3.23. The summed E-state index contributed by atoms with van der Waals surface area (Å²) >= 11 is 4.35. The monoisotopic (exact) mass is 492 g/mol. The molecule has 0 bridgehead atoms. The summed E-state index contributed by atoms with van der Waals surface area (Å²) in [5.41, 5.74) is 0. The maximum atomic E-state index is 4.35. The van der Waals surface area contributed by atoms with E-state index in [1.165, 1.54) is 47.0 Å². The number of halogens is 1. The van der Waals surface area contributed by atoms with Crippen molar-refractivity contribution in [2.24, 2.45) is 0 Å². The quantitative estimate of drug-likeness (QED) is 0.230. The first-order chi connectivity index (χ1) is 15.7. The molecule has 0 unspecified atom stereocenters. The highest BCUT2D eigenvalue weighted by Gasteiger charge is 2.29. The van der Waals surface area contributed by atoms with Crippen LogP contribution >= 0.6 is 23.3 Å². The summed E-state index contributed by atoms with van der Waals surface area (Å²) in [4.78, 5) is 3.92. The van der Waals surface area contributed by atoms with Crippen molar-refractivity contribution in [3.8, 4) is 0 Å². The van der Waals surface area contributed by atoms with Crippen molar-refractivity contribution < 1.29 is 0 Å². The molecular formula is C30H21BrS. The third-order valence-corrected chi connectivity index (χ3v) is 12.2. The van der Waals surface area contributed by atoms with Crippen LogP contribution in [-0.2, 0) is 0 Å². The summed E-state index contributed by atoms with van der Waals surface area (Å²) in [6, 6.07) is 46.4. The summed E-state index contributed by atoms with van der Waals surface area (Å²) in [5.74, 6) is 0. The van der Waals surface area contributed by atoms with Gasteiger partial charge in [-0.15, -0.1) is 8.46 Å². The van der Waals surface area contributed by atoms with Crippen LogP contribution in [0.3, 0.4) is 0 Å². The molecule has 0 aromatic heterocycles. The SMILES string of the molecule is BrS(c1ccc2ccccc2c1)(c1ccc2ccccc2c1)c1ccc2ccccc2c1. The Labute approximate surface area is 197 Å². The Balaban J connectivity index is 1.65. The van der Waals surface area contributed by atoms with E-state index in [4.69, 9.17) is 0 Å². The van der Waals surface area contributed by atoms with Crippen molar-refractivity contribution in [1.29, 1.82) is 0 Å². The fraction of sp³-hybridized carbons (Fsp3) is 0. The minimum absolute atomic E-state index is 1.27. The van der Waals surface area contributed by atoms with Gasteiger partial charge in [0.15, 0.2) is 0 Å². The number of fused-ring (bicyclic) bond motifs is 3. The highest BCUT2D eigenvalue weighted by atomic mass is 79.9. The smallest absolute Gasteiger partial charge is 0.00847 e. The van der Waals surface area contributed by atoms with E-state index in [1.54, 1.807) is 0 Å². The molecule has 0 N–H and O–H groups in total. The van der Waals surface area contributed by atoms with Crippen LogP contribution in [0, 0.1) is 0 Å². The predicted molar refractivity (Wildman–Crippen MR) is 143 cm³/mol. The number of benzene rings is 6. The summed E-state index contributed by atoms with van der Waals surface area (Å²) in [6.07, 6.45) is 0. The van der Waals surface area contributed by atoms with Gasteiger partial charge in [0.2, 0.25) is 0 Å². The molecule has 0 fully saturated rings. The summed E-state index contributed by atoms with van der Waals surface area (Å²) in [5, 5.41) is 7.60. The zero-order valence-corrected chi connectivity index (χ0v) is 19.8. The molecule has 0 spiro atoms. The second kappa shape index (κ2) is 7.81. The molecule has 0 saturated carbocycles. The van der Waals surface area contributed by atoms with E-state index >= 15 is 0 Å². The van der Waals surface area contributed by atoms with Gasteiger partial charge in [-0.2, -0.15) is 0 Å². The van der Waals surface area contributed by atoms with Crippen LogP contribution in [0.5, 0.6) is 0 Å². The Morgan fingerprint density at radius 3 is 0.938 bits per heavy atom. The first kappa shape index (κ1) is 19.6. The largest absolute Gasteiger partial charge is 0.101 e. The molecule has 0 heterocycles. The van der Waals surface area contributed by atoms with Crippen LogP contribution in [0.15, 0.2) is 142 Å². The molecule has 6 rings (SSSR count). The molecular weight excluding hydrogens is 472 g/mol. The highest BCUT2D eigenvalue weighted by molar-refractivity contribution is 9.58. The zero-order valence-electron chi connectivity index (χ0n) is 17.4. The Kier molecular flexibility index (Phi) is 4.78. The molecule has 0 radical (unpaired) electrons. The minimum Gasteiger partial charge on any atom is -0.101 e. The van der Waals surface area contributed by atoms with Crippen LogP contribution in [0.1, 0.15) is 0 Å². The van der Waals surface area contributed by atoms with Crippen molar-refractivity contribution >= 4 is 55.6 Å². The molecule has 6 aromatic rings. The fourth-order valence-electron chi connectivity index (χ4n) is 4.44. The third-order valence-electron chi connectivity index (χ3n) is 6.14. The van der Waals surface area contributed by atoms with Gasteiger partial charge in [-0.05, 0) is 83.5 Å². The molecule has 0 atom stereocenters. The summed E-state index contributed by atoms with van der Waals surface area (Å²) in [6.45, 7) is 0. The standard InChI is InChI=1S/C30H21BrS/c31-32(28-16-13-22-7-1-4-10-25(22)19-28,29-17-14-23-8-2-5-11-26(23)20-29)30-18-15-24-9-3-6-12-27(24)21-30/h1-21H. The lowest BCUT2D eigenvalue weighted by Gasteiger charge is -2.35. The van der Waals surface area contributed by atoms with Gasteiger partial charge < -0.3 is 0 Å². The van der Waals surface area contributed by atoms with E-state index in [1.807, 2.05) is 0 Å². The van der Waals surface area contributed by atoms with Crippen molar-refractivity contribution in [1.82, 2.24) is 0 Å². The molecule has 32 heavy (non-hydrogen) atoms. The van der Waals surface area contributed by atoms with E-state index in [0.717, 1.165) is 0 Å². The van der Waals surface area contributed by atoms with E-state index in [2.05, 4.69) is 142 Å². The summed E-state index contributed by atoms with van der Waals surface area (Å²) < 4.78 is 0. The van der Waals surface area contributed by atoms with Crippen molar-refractivity contribution in [3.63, 3.8) is 0 Å². The maximum Gasteiger partial charge on any atom is 0.00847 e. The van der Waals surface area contributed by atoms with Crippen LogP contribution in [-0.4, -0.2) is 0 Å².